The number of ether oxygens (including phenoxy) is 1. The molecule has 0 aromatic rings. The molecule has 0 spiro atoms. The van der Waals surface area contributed by atoms with Crippen LogP contribution >= 0.6 is 15.9 Å². The number of alkyl halides is 1. The Bertz CT molecular complexity index is 361. The van der Waals surface area contributed by atoms with Crippen molar-refractivity contribution < 1.29 is 14.3 Å². The molecule has 2 atom stereocenters. The van der Waals surface area contributed by atoms with Gasteiger partial charge >= 0.3 is 5.97 Å². The third-order valence-electron chi connectivity index (χ3n) is 4.78. The van der Waals surface area contributed by atoms with E-state index < -0.39 is 0 Å². The summed E-state index contributed by atoms with van der Waals surface area (Å²) in [5.41, 5.74) is -0.284. The van der Waals surface area contributed by atoms with Crippen molar-refractivity contribution >= 4 is 27.7 Å². The highest BCUT2D eigenvalue weighted by Crippen LogP contribution is 2.55. The van der Waals surface area contributed by atoms with Gasteiger partial charge in [0.05, 0.1) is 0 Å². The molecule has 3 nitrogen and oxygen atoms in total. The Kier molecular flexibility index (Phi) is 3.25. The molecule has 0 aromatic carbocycles. The van der Waals surface area contributed by atoms with E-state index in [-0.39, 0.29) is 23.4 Å². The minimum Gasteiger partial charge on any atom is -0.459 e. The Morgan fingerprint density at radius 1 is 1.28 bits per heavy atom. The van der Waals surface area contributed by atoms with Gasteiger partial charge in [0.1, 0.15) is 11.4 Å². The largest absolute Gasteiger partial charge is 0.459 e. The number of carbonyl (C=O) groups is 2. The van der Waals surface area contributed by atoms with Gasteiger partial charge in [-0.25, -0.2) is 0 Å². The van der Waals surface area contributed by atoms with E-state index in [9.17, 15) is 9.59 Å². The molecule has 100 valence electrons. The van der Waals surface area contributed by atoms with Gasteiger partial charge in [0.15, 0.2) is 0 Å². The van der Waals surface area contributed by atoms with Crippen molar-refractivity contribution in [1.29, 1.82) is 0 Å². The van der Waals surface area contributed by atoms with Crippen LogP contribution < -0.4 is 0 Å². The Hall–Kier alpha value is -0.380. The van der Waals surface area contributed by atoms with Crippen LogP contribution in [-0.4, -0.2) is 22.7 Å². The predicted molar refractivity (Wildman–Crippen MR) is 70.4 cm³/mol. The predicted octanol–water partition coefficient (Wildman–Crippen LogP) is 2.85. The molecule has 0 radical (unpaired) electrons. The first-order valence-corrected chi connectivity index (χ1v) is 8.05. The maximum Gasteiger partial charge on any atom is 0.306 e. The summed E-state index contributed by atoms with van der Waals surface area (Å²) < 4.78 is 5.79. The second kappa shape index (κ2) is 4.62. The lowest BCUT2D eigenvalue weighted by atomic mass is 9.53. The summed E-state index contributed by atoms with van der Waals surface area (Å²) in [4.78, 5) is 23.9. The van der Waals surface area contributed by atoms with Crippen LogP contribution in [0.4, 0.5) is 0 Å². The van der Waals surface area contributed by atoms with Crippen molar-refractivity contribution in [2.24, 2.45) is 17.8 Å². The third-order valence-corrected chi connectivity index (χ3v) is 5.34. The van der Waals surface area contributed by atoms with Crippen molar-refractivity contribution in [3.63, 3.8) is 0 Å². The third kappa shape index (κ3) is 2.13. The van der Waals surface area contributed by atoms with Crippen molar-refractivity contribution in [2.75, 3.05) is 5.33 Å². The lowest BCUT2D eigenvalue weighted by molar-refractivity contribution is -0.189. The summed E-state index contributed by atoms with van der Waals surface area (Å²) in [7, 11) is 0. The number of ketones is 1. The number of hydrogen-bond acceptors (Lipinski definition) is 3. The van der Waals surface area contributed by atoms with E-state index >= 15 is 0 Å². The second-order valence-corrected chi connectivity index (χ2v) is 6.99. The fourth-order valence-electron chi connectivity index (χ4n) is 4.30. The van der Waals surface area contributed by atoms with Crippen LogP contribution in [0.3, 0.4) is 0 Å². The molecule has 4 fully saturated rings. The van der Waals surface area contributed by atoms with E-state index in [0.29, 0.717) is 18.1 Å². The lowest BCUT2D eigenvalue weighted by Crippen LogP contribution is -2.56. The highest BCUT2D eigenvalue weighted by molar-refractivity contribution is 9.09. The minimum absolute atomic E-state index is 0.0798. The van der Waals surface area contributed by atoms with E-state index in [1.807, 2.05) is 0 Å². The number of carbonyl (C=O) groups excluding carboxylic acids is 2. The van der Waals surface area contributed by atoms with Gasteiger partial charge in [-0.1, -0.05) is 15.9 Å². The lowest BCUT2D eigenvalue weighted by Gasteiger charge is -2.54. The molecule has 0 aromatic heterocycles. The Morgan fingerprint density at radius 2 is 1.94 bits per heavy atom. The van der Waals surface area contributed by atoms with Crippen molar-refractivity contribution in [3.05, 3.63) is 0 Å². The molecule has 4 aliphatic carbocycles. The van der Waals surface area contributed by atoms with Crippen molar-refractivity contribution in [3.8, 4) is 0 Å². The standard InChI is InChI=1S/C14H19BrO3/c15-3-1-2-12(16)18-14-6-9-4-10(7-14)13(17)11(5-9)8-14/h9-11H,1-8H2. The average Bonchev–Trinajstić information content (AvgIpc) is 2.31. The quantitative estimate of drug-likeness (QED) is 0.592. The molecule has 4 saturated carbocycles. The summed E-state index contributed by atoms with van der Waals surface area (Å²) in [6.45, 7) is 0. The fraction of sp³-hybridized carbons (Fsp3) is 0.857. The summed E-state index contributed by atoms with van der Waals surface area (Å²) in [6, 6.07) is 0. The van der Waals surface area contributed by atoms with Crippen LogP contribution in [0.2, 0.25) is 0 Å². The average molecular weight is 315 g/mol. The number of rotatable bonds is 4. The molecule has 4 bridgehead atoms. The smallest absolute Gasteiger partial charge is 0.306 e. The number of esters is 1. The van der Waals surface area contributed by atoms with Gasteiger partial charge in [0, 0.05) is 23.6 Å². The maximum atomic E-state index is 12.0. The van der Waals surface area contributed by atoms with E-state index in [4.69, 9.17) is 4.74 Å². The molecule has 4 aliphatic rings. The molecule has 0 heterocycles. The zero-order valence-corrected chi connectivity index (χ0v) is 12.1. The minimum atomic E-state index is -0.284. The maximum absolute atomic E-state index is 12.0. The molecule has 4 heteroatoms. The normalized spacial score (nSPS) is 41.2. The van der Waals surface area contributed by atoms with Gasteiger partial charge in [-0.2, -0.15) is 0 Å². The first-order valence-electron chi connectivity index (χ1n) is 6.93. The van der Waals surface area contributed by atoms with Gasteiger partial charge in [-0.05, 0) is 44.4 Å². The van der Waals surface area contributed by atoms with Crippen LogP contribution in [0.5, 0.6) is 0 Å². The van der Waals surface area contributed by atoms with E-state index in [1.54, 1.807) is 0 Å². The molecular formula is C14H19BrO3. The van der Waals surface area contributed by atoms with Crippen LogP contribution in [0, 0.1) is 17.8 Å². The highest BCUT2D eigenvalue weighted by atomic mass is 79.9. The molecule has 18 heavy (non-hydrogen) atoms. The zero-order valence-electron chi connectivity index (χ0n) is 10.5. The van der Waals surface area contributed by atoms with Crippen LogP contribution in [0.15, 0.2) is 0 Å². The SMILES string of the molecule is O=C(CCCBr)OC12CC3CC(C1)C(=O)C(C3)C2. The van der Waals surface area contributed by atoms with E-state index in [0.717, 1.165) is 43.9 Å². The molecule has 0 amide bonds. The van der Waals surface area contributed by atoms with Gasteiger partial charge in [0.25, 0.3) is 0 Å². The molecule has 4 rings (SSSR count). The van der Waals surface area contributed by atoms with E-state index in [1.165, 1.54) is 0 Å². The Morgan fingerprint density at radius 3 is 2.56 bits per heavy atom. The van der Waals surface area contributed by atoms with Gasteiger partial charge < -0.3 is 4.74 Å². The van der Waals surface area contributed by atoms with Crippen LogP contribution in [0.25, 0.3) is 0 Å². The van der Waals surface area contributed by atoms with Crippen LogP contribution in [-0.2, 0) is 14.3 Å². The highest BCUT2D eigenvalue weighted by Gasteiger charge is 2.56. The number of Topliss-reactive ketones (excluding diaryl/α,β-unsaturated/α-hetero) is 1. The van der Waals surface area contributed by atoms with Gasteiger partial charge in [-0.15, -0.1) is 0 Å². The van der Waals surface area contributed by atoms with Gasteiger partial charge in [0.2, 0.25) is 0 Å². The zero-order chi connectivity index (χ0) is 12.8. The molecule has 0 N–H and O–H groups in total. The summed E-state index contributed by atoms with van der Waals surface area (Å²) in [6.07, 6.45) is 5.96. The second-order valence-electron chi connectivity index (χ2n) is 6.20. The number of hydrogen-bond donors (Lipinski definition) is 0. The van der Waals surface area contributed by atoms with E-state index in [2.05, 4.69) is 15.9 Å². The summed E-state index contributed by atoms with van der Waals surface area (Å²) >= 11 is 3.33. The molecule has 0 saturated heterocycles. The van der Waals surface area contributed by atoms with Crippen LogP contribution in [0.1, 0.15) is 44.9 Å². The molecular weight excluding hydrogens is 296 g/mol. The topological polar surface area (TPSA) is 43.4 Å². The first kappa shape index (κ1) is 12.6. The fourth-order valence-corrected chi connectivity index (χ4v) is 4.58. The molecule has 0 aliphatic heterocycles. The molecule has 2 unspecified atom stereocenters. The first-order chi connectivity index (χ1) is 8.62. The van der Waals surface area contributed by atoms with Crippen molar-refractivity contribution in [1.82, 2.24) is 0 Å². The van der Waals surface area contributed by atoms with Crippen molar-refractivity contribution in [2.45, 2.75) is 50.5 Å². The van der Waals surface area contributed by atoms with Gasteiger partial charge in [-0.3, -0.25) is 9.59 Å². The summed E-state index contributed by atoms with van der Waals surface area (Å²) in [5, 5.41) is 0.835. The monoisotopic (exact) mass is 314 g/mol. The Labute approximate surface area is 116 Å². The Balaban J connectivity index is 1.69. The number of halogens is 1. The summed E-state index contributed by atoms with van der Waals surface area (Å²) in [5.74, 6) is 1.34.